The van der Waals surface area contributed by atoms with Gasteiger partial charge in [0.15, 0.2) is 0 Å². The summed E-state index contributed by atoms with van der Waals surface area (Å²) in [5.74, 6) is 5.95. The lowest BCUT2D eigenvalue weighted by molar-refractivity contribution is -0.185. The highest BCUT2D eigenvalue weighted by atomic mass is 16.6. The summed E-state index contributed by atoms with van der Waals surface area (Å²) in [5.41, 5.74) is -0.451. The van der Waals surface area contributed by atoms with Crippen molar-refractivity contribution >= 4 is 5.97 Å². The van der Waals surface area contributed by atoms with E-state index in [1.807, 2.05) is 0 Å². The Labute approximate surface area is 154 Å². The Bertz CT molecular complexity index is 540. The van der Waals surface area contributed by atoms with E-state index < -0.39 is 0 Å². The van der Waals surface area contributed by atoms with Crippen LogP contribution in [0.3, 0.4) is 0 Å². The summed E-state index contributed by atoms with van der Waals surface area (Å²) in [7, 11) is 0. The van der Waals surface area contributed by atoms with Gasteiger partial charge in [0.2, 0.25) is 0 Å². The molecule has 4 saturated carbocycles. The lowest BCUT2D eigenvalue weighted by Crippen LogP contribution is -2.49. The van der Waals surface area contributed by atoms with Gasteiger partial charge in [0.25, 0.3) is 0 Å². The van der Waals surface area contributed by atoms with Crippen molar-refractivity contribution in [3.8, 4) is 0 Å². The molecule has 2 heteroatoms. The Morgan fingerprint density at radius 1 is 1.12 bits per heavy atom. The number of esters is 1. The molecule has 0 aromatic heterocycles. The predicted octanol–water partition coefficient (Wildman–Crippen LogP) is 5.84. The van der Waals surface area contributed by atoms with Gasteiger partial charge < -0.3 is 4.74 Å². The molecule has 0 aliphatic heterocycles. The Morgan fingerprint density at radius 2 is 1.80 bits per heavy atom. The van der Waals surface area contributed by atoms with Gasteiger partial charge in [-0.3, -0.25) is 4.79 Å². The Morgan fingerprint density at radius 3 is 2.40 bits per heavy atom. The minimum atomic E-state index is -0.313. The largest absolute Gasteiger partial charge is 0.458 e. The second-order valence-corrected chi connectivity index (χ2v) is 10.6. The van der Waals surface area contributed by atoms with Crippen molar-refractivity contribution in [2.45, 2.75) is 91.6 Å². The van der Waals surface area contributed by atoms with Crippen LogP contribution in [-0.2, 0) is 9.53 Å². The molecule has 4 aliphatic carbocycles. The summed E-state index contributed by atoms with van der Waals surface area (Å²) < 4.78 is 6.52. The van der Waals surface area contributed by atoms with Gasteiger partial charge in [-0.15, -0.1) is 0 Å². The van der Waals surface area contributed by atoms with Gasteiger partial charge in [-0.2, -0.15) is 0 Å². The molecule has 4 aliphatic rings. The molecule has 0 radical (unpaired) electrons. The molecule has 142 valence electrons. The van der Waals surface area contributed by atoms with Crippen molar-refractivity contribution in [3.05, 3.63) is 0 Å². The summed E-state index contributed by atoms with van der Waals surface area (Å²) in [6.45, 7) is 11.0. The maximum absolute atomic E-state index is 13.3. The SMILES string of the molecule is CCC(C)(CC(C)C)C(=O)OC1(CC)CC2CC1C1C3CCC(C3)C21. The van der Waals surface area contributed by atoms with Crippen LogP contribution in [0.1, 0.15) is 86.0 Å². The Balaban J connectivity index is 1.54. The molecule has 0 amide bonds. The molecule has 4 bridgehead atoms. The fraction of sp³-hybridized carbons (Fsp3) is 0.957. The third-order valence-electron chi connectivity index (χ3n) is 8.92. The van der Waals surface area contributed by atoms with Crippen LogP contribution in [0.25, 0.3) is 0 Å². The monoisotopic (exact) mass is 346 g/mol. The Hall–Kier alpha value is -0.530. The van der Waals surface area contributed by atoms with Crippen LogP contribution < -0.4 is 0 Å². The standard InChI is InChI=1S/C23H38O2/c1-6-22(5,12-14(3)4)21(24)25-23(7-2)13-17-11-18(23)20-16-9-8-15(10-16)19(17)20/h14-20H,6-13H2,1-5H3. The second-order valence-electron chi connectivity index (χ2n) is 10.6. The van der Waals surface area contributed by atoms with Crippen molar-refractivity contribution < 1.29 is 9.53 Å². The van der Waals surface area contributed by atoms with Gasteiger partial charge >= 0.3 is 5.97 Å². The lowest BCUT2D eigenvalue weighted by atomic mass is 9.65. The molecule has 4 rings (SSSR count). The first-order valence-corrected chi connectivity index (χ1v) is 11.1. The molecule has 8 atom stereocenters. The normalized spacial score (nSPS) is 46.5. The molecule has 8 unspecified atom stereocenters. The first-order valence-electron chi connectivity index (χ1n) is 11.1. The summed E-state index contributed by atoms with van der Waals surface area (Å²) in [6, 6.07) is 0. The average Bonchev–Trinajstić information content (AvgIpc) is 3.32. The first kappa shape index (κ1) is 17.9. The van der Waals surface area contributed by atoms with Gasteiger partial charge in [0, 0.05) is 5.92 Å². The van der Waals surface area contributed by atoms with Crippen LogP contribution in [0.4, 0.5) is 0 Å². The van der Waals surface area contributed by atoms with Crippen LogP contribution in [0.15, 0.2) is 0 Å². The van der Waals surface area contributed by atoms with E-state index in [9.17, 15) is 4.79 Å². The number of ether oxygens (including phenoxy) is 1. The zero-order chi connectivity index (χ0) is 18.0. The average molecular weight is 347 g/mol. The number of carbonyl (C=O) groups excluding carboxylic acids is 1. The fourth-order valence-electron chi connectivity index (χ4n) is 7.87. The molecule has 0 spiro atoms. The molecule has 25 heavy (non-hydrogen) atoms. The lowest BCUT2D eigenvalue weighted by Gasteiger charge is -2.47. The fourth-order valence-corrected chi connectivity index (χ4v) is 7.87. The summed E-state index contributed by atoms with van der Waals surface area (Å²) >= 11 is 0. The molecular formula is C23H38O2. The molecule has 0 saturated heterocycles. The van der Waals surface area contributed by atoms with Crippen molar-refractivity contribution in [2.75, 3.05) is 0 Å². The molecule has 0 heterocycles. The maximum Gasteiger partial charge on any atom is 0.312 e. The van der Waals surface area contributed by atoms with E-state index in [-0.39, 0.29) is 17.0 Å². The van der Waals surface area contributed by atoms with E-state index in [0.717, 1.165) is 55.3 Å². The number of hydrogen-bond acceptors (Lipinski definition) is 2. The van der Waals surface area contributed by atoms with Crippen molar-refractivity contribution in [1.29, 1.82) is 0 Å². The van der Waals surface area contributed by atoms with Gasteiger partial charge in [-0.25, -0.2) is 0 Å². The molecule has 0 N–H and O–H groups in total. The van der Waals surface area contributed by atoms with Gasteiger partial charge in [-0.1, -0.05) is 27.7 Å². The third-order valence-corrected chi connectivity index (χ3v) is 8.92. The van der Waals surface area contributed by atoms with E-state index in [1.54, 1.807) is 0 Å². The highest BCUT2D eigenvalue weighted by molar-refractivity contribution is 5.77. The first-order chi connectivity index (χ1) is 11.8. The summed E-state index contributed by atoms with van der Waals surface area (Å²) in [6.07, 6.45) is 9.75. The molecular weight excluding hydrogens is 308 g/mol. The quantitative estimate of drug-likeness (QED) is 0.446. The van der Waals surface area contributed by atoms with Crippen molar-refractivity contribution in [3.63, 3.8) is 0 Å². The molecule has 4 fully saturated rings. The maximum atomic E-state index is 13.3. The smallest absolute Gasteiger partial charge is 0.312 e. The number of rotatable bonds is 6. The summed E-state index contributed by atoms with van der Waals surface area (Å²) in [4.78, 5) is 13.3. The minimum Gasteiger partial charge on any atom is -0.458 e. The summed E-state index contributed by atoms with van der Waals surface area (Å²) in [5, 5.41) is 0. The highest BCUT2D eigenvalue weighted by Gasteiger charge is 2.68. The number of hydrogen-bond donors (Lipinski definition) is 0. The van der Waals surface area contributed by atoms with Crippen LogP contribution in [0.2, 0.25) is 0 Å². The van der Waals surface area contributed by atoms with Gasteiger partial charge in [-0.05, 0) is 93.8 Å². The predicted molar refractivity (Wildman–Crippen MR) is 101 cm³/mol. The van der Waals surface area contributed by atoms with Crippen LogP contribution in [-0.4, -0.2) is 11.6 Å². The molecule has 0 aromatic rings. The second kappa shape index (κ2) is 5.99. The van der Waals surface area contributed by atoms with Crippen LogP contribution in [0, 0.1) is 46.8 Å². The van der Waals surface area contributed by atoms with Crippen LogP contribution in [0.5, 0.6) is 0 Å². The topological polar surface area (TPSA) is 26.3 Å². The van der Waals surface area contributed by atoms with E-state index >= 15 is 0 Å². The van der Waals surface area contributed by atoms with Gasteiger partial charge in [0.1, 0.15) is 5.60 Å². The number of fused-ring (bicyclic) bond motifs is 9. The van der Waals surface area contributed by atoms with Crippen molar-refractivity contribution in [1.82, 2.24) is 0 Å². The third kappa shape index (κ3) is 2.52. The molecule has 0 aromatic carbocycles. The van der Waals surface area contributed by atoms with E-state index in [1.165, 1.54) is 25.7 Å². The van der Waals surface area contributed by atoms with Gasteiger partial charge in [0.05, 0.1) is 5.41 Å². The minimum absolute atomic E-state index is 0.0952. The Kier molecular flexibility index (Phi) is 4.28. The number of carbonyl (C=O) groups is 1. The van der Waals surface area contributed by atoms with Crippen molar-refractivity contribution in [2.24, 2.45) is 46.8 Å². The van der Waals surface area contributed by atoms with E-state index in [4.69, 9.17) is 4.74 Å². The zero-order valence-corrected chi connectivity index (χ0v) is 17.0. The van der Waals surface area contributed by atoms with E-state index in [0.29, 0.717) is 11.8 Å². The van der Waals surface area contributed by atoms with Crippen LogP contribution >= 0.6 is 0 Å². The molecule has 2 nitrogen and oxygen atoms in total. The zero-order valence-electron chi connectivity index (χ0n) is 17.0. The highest BCUT2D eigenvalue weighted by Crippen LogP contribution is 2.71. The van der Waals surface area contributed by atoms with E-state index in [2.05, 4.69) is 34.6 Å².